The quantitative estimate of drug-likeness (QED) is 0.765. The molecule has 2 heterocycles. The highest BCUT2D eigenvalue weighted by Gasteiger charge is 2.39. The van der Waals surface area contributed by atoms with Crippen molar-refractivity contribution in [3.05, 3.63) is 4.60 Å². The molecule has 0 N–H and O–H groups in total. The number of piperazine rings is 1. The summed E-state index contributed by atoms with van der Waals surface area (Å²) in [5.41, 5.74) is -0.191. The highest BCUT2D eigenvalue weighted by molar-refractivity contribution is 9.10. The van der Waals surface area contributed by atoms with Crippen LogP contribution >= 0.6 is 15.9 Å². The van der Waals surface area contributed by atoms with Crippen molar-refractivity contribution in [2.24, 2.45) is 7.05 Å². The normalized spacial score (nSPS) is 21.7. The average Bonchev–Trinajstić information content (AvgIpc) is 2.62. The van der Waals surface area contributed by atoms with E-state index in [0.717, 1.165) is 0 Å². The smallest absolute Gasteiger partial charge is 0.263 e. The third kappa shape index (κ3) is 2.56. The van der Waals surface area contributed by atoms with Gasteiger partial charge in [0.15, 0.2) is 4.60 Å². The number of hydrogen-bond acceptors (Lipinski definition) is 5. The van der Waals surface area contributed by atoms with E-state index in [1.54, 1.807) is 7.05 Å². The summed E-state index contributed by atoms with van der Waals surface area (Å²) in [6.45, 7) is 5.69. The summed E-state index contributed by atoms with van der Waals surface area (Å²) in [5.74, 6) is 0. The van der Waals surface area contributed by atoms with Crippen molar-refractivity contribution >= 4 is 26.0 Å². The molecule has 1 fully saturated rings. The lowest BCUT2D eigenvalue weighted by atomic mass is 10.0. The Balaban J connectivity index is 2.37. The molecule has 0 spiro atoms. The van der Waals surface area contributed by atoms with Gasteiger partial charge in [-0.05, 0) is 36.8 Å². The van der Waals surface area contributed by atoms with Crippen LogP contribution in [0.3, 0.4) is 0 Å². The van der Waals surface area contributed by atoms with Crippen LogP contribution in [0, 0.1) is 0 Å². The van der Waals surface area contributed by atoms with E-state index in [0.29, 0.717) is 19.6 Å². The van der Waals surface area contributed by atoms with Crippen molar-refractivity contribution in [2.45, 2.75) is 24.4 Å². The lowest BCUT2D eigenvalue weighted by molar-refractivity contribution is 0.0799. The zero-order chi connectivity index (χ0) is 14.4. The zero-order valence-electron chi connectivity index (χ0n) is 11.5. The molecule has 1 aromatic heterocycles. The molecule has 0 unspecified atom stereocenters. The van der Waals surface area contributed by atoms with Gasteiger partial charge in [-0.25, -0.2) is 13.1 Å². The number of rotatable bonds is 2. The molecule has 108 valence electrons. The van der Waals surface area contributed by atoms with E-state index >= 15 is 0 Å². The monoisotopic (exact) mass is 351 g/mol. The van der Waals surface area contributed by atoms with Crippen molar-refractivity contribution in [3.63, 3.8) is 0 Å². The van der Waals surface area contributed by atoms with E-state index in [9.17, 15) is 8.42 Å². The topological polar surface area (TPSA) is 71.3 Å². The van der Waals surface area contributed by atoms with Crippen LogP contribution in [-0.4, -0.2) is 64.8 Å². The first-order chi connectivity index (χ1) is 8.66. The molecular formula is C10H18BrN5O2S. The van der Waals surface area contributed by atoms with Gasteiger partial charge in [-0.15, -0.1) is 5.10 Å². The molecule has 2 rings (SSSR count). The van der Waals surface area contributed by atoms with E-state index in [2.05, 4.69) is 31.1 Å². The molecule has 0 atom stereocenters. The fourth-order valence-electron chi connectivity index (χ4n) is 2.12. The summed E-state index contributed by atoms with van der Waals surface area (Å²) >= 11 is 3.15. The number of sulfonamides is 1. The first-order valence-electron chi connectivity index (χ1n) is 5.93. The molecule has 7 nitrogen and oxygen atoms in total. The Kier molecular flexibility index (Phi) is 3.76. The molecule has 0 aromatic carbocycles. The van der Waals surface area contributed by atoms with Crippen LogP contribution in [0.15, 0.2) is 9.63 Å². The van der Waals surface area contributed by atoms with E-state index in [1.165, 1.54) is 8.99 Å². The number of hydrogen-bond donors (Lipinski definition) is 0. The highest BCUT2D eigenvalue weighted by atomic mass is 79.9. The van der Waals surface area contributed by atoms with Gasteiger partial charge in [0, 0.05) is 32.2 Å². The molecule has 0 radical (unpaired) electrons. The van der Waals surface area contributed by atoms with Crippen LogP contribution in [0.4, 0.5) is 0 Å². The molecule has 0 amide bonds. The van der Waals surface area contributed by atoms with Crippen molar-refractivity contribution < 1.29 is 8.42 Å². The van der Waals surface area contributed by atoms with E-state index in [1.807, 2.05) is 20.9 Å². The second kappa shape index (κ2) is 4.80. The number of aromatic nitrogens is 3. The third-order valence-corrected chi connectivity index (χ3v) is 6.34. The second-order valence-electron chi connectivity index (χ2n) is 5.38. The van der Waals surface area contributed by atoms with Gasteiger partial charge in [0.2, 0.25) is 5.03 Å². The standard InChI is InChI=1S/C10H18BrN5O2S/c1-10(2)7-16(6-5-14(10)3)19(17,18)9-8(11)12-13-15(9)4/h5-7H2,1-4H3. The van der Waals surface area contributed by atoms with Gasteiger partial charge < -0.3 is 0 Å². The summed E-state index contributed by atoms with van der Waals surface area (Å²) in [6.07, 6.45) is 0. The van der Waals surface area contributed by atoms with Gasteiger partial charge in [-0.2, -0.15) is 4.31 Å². The SMILES string of the molecule is CN1CCN(S(=O)(=O)c2c(Br)nnn2C)CC1(C)C. The summed E-state index contributed by atoms with van der Waals surface area (Å²) in [7, 11) is 0.00396. The van der Waals surface area contributed by atoms with Gasteiger partial charge >= 0.3 is 0 Å². The maximum atomic E-state index is 12.7. The number of aryl methyl sites for hydroxylation is 1. The Morgan fingerprint density at radius 2 is 1.89 bits per heavy atom. The molecule has 0 saturated carbocycles. The van der Waals surface area contributed by atoms with E-state index < -0.39 is 10.0 Å². The first kappa shape index (κ1) is 14.9. The van der Waals surface area contributed by atoms with Crippen molar-refractivity contribution in [1.29, 1.82) is 0 Å². The Morgan fingerprint density at radius 3 is 2.37 bits per heavy atom. The molecule has 19 heavy (non-hydrogen) atoms. The molecule has 9 heteroatoms. The minimum Gasteiger partial charge on any atom is -0.299 e. The Bertz CT molecular complexity index is 563. The van der Waals surface area contributed by atoms with Gasteiger partial charge in [0.05, 0.1) is 0 Å². The maximum absolute atomic E-state index is 12.7. The van der Waals surface area contributed by atoms with Gasteiger partial charge in [0.1, 0.15) is 0 Å². The lowest BCUT2D eigenvalue weighted by Crippen LogP contribution is -2.58. The second-order valence-corrected chi connectivity index (χ2v) is 7.99. The third-order valence-electron chi connectivity index (χ3n) is 3.60. The number of nitrogens with zero attached hydrogens (tertiary/aromatic N) is 5. The fraction of sp³-hybridized carbons (Fsp3) is 0.800. The average molecular weight is 352 g/mol. The lowest BCUT2D eigenvalue weighted by Gasteiger charge is -2.44. The van der Waals surface area contributed by atoms with E-state index in [-0.39, 0.29) is 15.2 Å². The Morgan fingerprint density at radius 1 is 1.26 bits per heavy atom. The molecule has 1 saturated heterocycles. The maximum Gasteiger partial charge on any atom is 0.263 e. The first-order valence-corrected chi connectivity index (χ1v) is 8.16. The highest BCUT2D eigenvalue weighted by Crippen LogP contribution is 2.27. The zero-order valence-corrected chi connectivity index (χ0v) is 13.9. The number of likely N-dealkylation sites (N-methyl/N-ethyl adjacent to an activating group) is 1. The minimum absolute atomic E-state index is 0.104. The summed E-state index contributed by atoms with van der Waals surface area (Å²) in [5, 5.41) is 7.58. The van der Waals surface area contributed by atoms with Gasteiger partial charge in [0.25, 0.3) is 10.0 Å². The Hall–Kier alpha value is -0.510. The molecule has 0 aliphatic carbocycles. The van der Waals surface area contributed by atoms with Crippen LogP contribution in [0.25, 0.3) is 0 Å². The molecule has 1 aliphatic rings. The van der Waals surface area contributed by atoms with Crippen LogP contribution < -0.4 is 0 Å². The van der Waals surface area contributed by atoms with Gasteiger partial charge in [-0.3, -0.25) is 4.90 Å². The summed E-state index contributed by atoms with van der Waals surface area (Å²) < 4.78 is 28.4. The largest absolute Gasteiger partial charge is 0.299 e. The molecular weight excluding hydrogens is 334 g/mol. The molecule has 1 aromatic rings. The van der Waals surface area contributed by atoms with Gasteiger partial charge in [-0.1, -0.05) is 5.21 Å². The fourth-order valence-corrected chi connectivity index (χ4v) is 4.74. The van der Waals surface area contributed by atoms with Crippen molar-refractivity contribution in [2.75, 3.05) is 26.7 Å². The Labute approximate surface area is 121 Å². The molecule has 0 bridgehead atoms. The predicted octanol–water partition coefficient (Wildman–Crippen LogP) is 0.292. The summed E-state index contributed by atoms with van der Waals surface area (Å²) in [4.78, 5) is 2.16. The van der Waals surface area contributed by atoms with E-state index in [4.69, 9.17) is 0 Å². The van der Waals surface area contributed by atoms with Crippen LogP contribution in [0.1, 0.15) is 13.8 Å². The van der Waals surface area contributed by atoms with Crippen LogP contribution in [0.2, 0.25) is 0 Å². The van der Waals surface area contributed by atoms with Crippen LogP contribution in [0.5, 0.6) is 0 Å². The summed E-state index contributed by atoms with van der Waals surface area (Å²) in [6, 6.07) is 0. The minimum atomic E-state index is -3.58. The number of halogens is 1. The molecule has 1 aliphatic heterocycles. The predicted molar refractivity (Wildman–Crippen MR) is 74.2 cm³/mol. The van der Waals surface area contributed by atoms with Crippen LogP contribution in [-0.2, 0) is 17.1 Å². The van der Waals surface area contributed by atoms with Crippen molar-refractivity contribution in [1.82, 2.24) is 24.2 Å². The van der Waals surface area contributed by atoms with Crippen molar-refractivity contribution in [3.8, 4) is 0 Å².